The zero-order valence-electron chi connectivity index (χ0n) is 23.7. The third-order valence-electron chi connectivity index (χ3n) is 8.37. The van der Waals surface area contributed by atoms with Crippen LogP contribution in [0.3, 0.4) is 0 Å². The van der Waals surface area contributed by atoms with Crippen LogP contribution in [0.2, 0.25) is 10.0 Å². The summed E-state index contributed by atoms with van der Waals surface area (Å²) in [6, 6.07) is 13.1. The van der Waals surface area contributed by atoms with Gasteiger partial charge in [-0.05, 0) is 73.9 Å². The highest BCUT2D eigenvalue weighted by atomic mass is 35.5. The average molecular weight is 597 g/mol. The quantitative estimate of drug-likeness (QED) is 0.362. The number of urea groups is 1. The van der Waals surface area contributed by atoms with Crippen LogP contribution in [0.25, 0.3) is 0 Å². The molecule has 1 aliphatic carbocycles. The molecule has 3 amide bonds. The molecule has 0 unspecified atom stereocenters. The molecule has 2 fully saturated rings. The molecule has 0 bridgehead atoms. The van der Waals surface area contributed by atoms with Gasteiger partial charge in [-0.1, -0.05) is 60.0 Å². The number of carbonyl (C=O) groups is 2. The Balaban J connectivity index is 1.04. The van der Waals surface area contributed by atoms with Gasteiger partial charge in [0.2, 0.25) is 5.91 Å². The highest BCUT2D eigenvalue weighted by Crippen LogP contribution is 2.32. The number of halogens is 2. The van der Waals surface area contributed by atoms with Crippen LogP contribution >= 0.6 is 23.2 Å². The van der Waals surface area contributed by atoms with Gasteiger partial charge >= 0.3 is 6.03 Å². The lowest BCUT2D eigenvalue weighted by Crippen LogP contribution is -2.48. The summed E-state index contributed by atoms with van der Waals surface area (Å²) in [7, 11) is 0. The molecule has 218 valence electrons. The van der Waals surface area contributed by atoms with Gasteiger partial charge in [0.1, 0.15) is 0 Å². The summed E-state index contributed by atoms with van der Waals surface area (Å²) in [5.74, 6) is 0.390. The Morgan fingerprint density at radius 1 is 0.902 bits per heavy atom. The van der Waals surface area contributed by atoms with Crippen LogP contribution in [0.5, 0.6) is 0 Å². The van der Waals surface area contributed by atoms with Crippen molar-refractivity contribution in [2.24, 2.45) is 0 Å². The average Bonchev–Trinajstić information content (AvgIpc) is 3.00. The number of likely N-dealkylation sites (tertiary alicyclic amines) is 1. The summed E-state index contributed by atoms with van der Waals surface area (Å²) in [5.41, 5.74) is 5.38. The maximum atomic E-state index is 12.8. The van der Waals surface area contributed by atoms with Crippen molar-refractivity contribution in [3.8, 4) is 0 Å². The van der Waals surface area contributed by atoms with E-state index in [-0.39, 0.29) is 11.9 Å². The minimum Gasteiger partial charge on any atom is -0.369 e. The molecular formula is C32H39Cl2N5O2. The lowest BCUT2D eigenvalue weighted by Gasteiger charge is -2.37. The normalized spacial score (nSPS) is 18.5. The summed E-state index contributed by atoms with van der Waals surface area (Å²) < 4.78 is 0. The predicted octanol–water partition coefficient (Wildman–Crippen LogP) is 6.98. The van der Waals surface area contributed by atoms with E-state index in [0.717, 1.165) is 57.5 Å². The van der Waals surface area contributed by atoms with Crippen LogP contribution in [0, 0.1) is 0 Å². The molecule has 41 heavy (non-hydrogen) atoms. The molecule has 5 rings (SSSR count). The van der Waals surface area contributed by atoms with Gasteiger partial charge in [0.15, 0.2) is 0 Å². The molecule has 2 saturated heterocycles. The van der Waals surface area contributed by atoms with E-state index in [4.69, 9.17) is 23.2 Å². The van der Waals surface area contributed by atoms with Crippen molar-refractivity contribution >= 4 is 46.5 Å². The number of carbonyl (C=O) groups excluding carboxylic acids is 2. The topological polar surface area (TPSA) is 67.9 Å². The molecule has 0 saturated carbocycles. The third-order valence-corrected chi connectivity index (χ3v) is 9.00. The van der Waals surface area contributed by atoms with Crippen LogP contribution in [-0.2, 0) is 4.79 Å². The van der Waals surface area contributed by atoms with Gasteiger partial charge in [-0.2, -0.15) is 0 Å². The lowest BCUT2D eigenvalue weighted by atomic mass is 9.89. The van der Waals surface area contributed by atoms with Crippen molar-refractivity contribution in [1.82, 2.24) is 14.7 Å². The summed E-state index contributed by atoms with van der Waals surface area (Å²) in [4.78, 5) is 32.0. The molecule has 0 spiro atoms. The van der Waals surface area contributed by atoms with E-state index in [1.54, 1.807) is 23.1 Å². The first-order valence-electron chi connectivity index (χ1n) is 14.7. The van der Waals surface area contributed by atoms with Crippen LogP contribution in [0.4, 0.5) is 16.2 Å². The van der Waals surface area contributed by atoms with Gasteiger partial charge in [-0.15, -0.1) is 0 Å². The number of para-hydroxylation sites is 1. The Morgan fingerprint density at radius 3 is 2.24 bits per heavy atom. The van der Waals surface area contributed by atoms with Gasteiger partial charge in [0.05, 0.1) is 22.3 Å². The van der Waals surface area contributed by atoms with Crippen LogP contribution in [0.1, 0.15) is 50.5 Å². The van der Waals surface area contributed by atoms with Crippen LogP contribution < -0.4 is 10.6 Å². The highest BCUT2D eigenvalue weighted by Gasteiger charge is 2.25. The molecule has 7 nitrogen and oxygen atoms in total. The molecule has 2 heterocycles. The molecule has 0 aromatic heterocycles. The Morgan fingerprint density at radius 2 is 1.59 bits per heavy atom. The zero-order chi connectivity index (χ0) is 28.8. The monoisotopic (exact) mass is 595 g/mol. The number of rotatable bonds is 7. The number of hydrogen-bond acceptors (Lipinski definition) is 4. The fourth-order valence-electron chi connectivity index (χ4n) is 5.87. The van der Waals surface area contributed by atoms with E-state index in [9.17, 15) is 9.59 Å². The van der Waals surface area contributed by atoms with Crippen molar-refractivity contribution < 1.29 is 9.59 Å². The van der Waals surface area contributed by atoms with E-state index in [1.807, 2.05) is 12.1 Å². The van der Waals surface area contributed by atoms with Crippen molar-refractivity contribution in [1.29, 1.82) is 0 Å². The van der Waals surface area contributed by atoms with Gasteiger partial charge < -0.3 is 20.4 Å². The first kappa shape index (κ1) is 29.5. The number of nitrogens with zero attached hydrogens (tertiary/aromatic N) is 3. The van der Waals surface area contributed by atoms with Crippen molar-refractivity contribution in [3.05, 3.63) is 81.5 Å². The second-order valence-corrected chi connectivity index (χ2v) is 11.9. The number of nitrogens with one attached hydrogen (secondary N) is 2. The van der Waals surface area contributed by atoms with E-state index >= 15 is 0 Å². The molecule has 2 N–H and O–H groups in total. The molecule has 2 aromatic carbocycles. The van der Waals surface area contributed by atoms with E-state index < -0.39 is 0 Å². The number of anilines is 2. The molecule has 3 aliphatic rings. The van der Waals surface area contributed by atoms with Gasteiger partial charge in [-0.25, -0.2) is 4.79 Å². The highest BCUT2D eigenvalue weighted by molar-refractivity contribution is 6.39. The summed E-state index contributed by atoms with van der Waals surface area (Å²) in [5, 5.41) is 6.76. The predicted molar refractivity (Wildman–Crippen MR) is 168 cm³/mol. The van der Waals surface area contributed by atoms with Crippen molar-refractivity contribution in [2.75, 3.05) is 56.4 Å². The number of amides is 3. The first-order chi connectivity index (χ1) is 19.9. The van der Waals surface area contributed by atoms with E-state index in [0.29, 0.717) is 41.3 Å². The Labute approximate surface area is 253 Å². The Bertz CT molecular complexity index is 1270. The molecule has 0 atom stereocenters. The Hall–Kier alpha value is -3.00. The molecule has 0 radical (unpaired) electrons. The minimum atomic E-state index is -0.188. The largest absolute Gasteiger partial charge is 0.369 e. The van der Waals surface area contributed by atoms with Gasteiger partial charge in [0.25, 0.3) is 0 Å². The molecule has 2 aliphatic heterocycles. The number of benzene rings is 2. The van der Waals surface area contributed by atoms with Crippen molar-refractivity contribution in [2.45, 2.75) is 44.9 Å². The summed E-state index contributed by atoms with van der Waals surface area (Å²) in [6.07, 6.45) is 9.88. The molecule has 9 heteroatoms. The lowest BCUT2D eigenvalue weighted by molar-refractivity contribution is -0.117. The Kier molecular flexibility index (Phi) is 9.91. The number of allylic oxidation sites excluding steroid dienone is 3. The second kappa shape index (κ2) is 13.8. The smallest absolute Gasteiger partial charge is 0.321 e. The summed E-state index contributed by atoms with van der Waals surface area (Å²) >= 11 is 12.4. The van der Waals surface area contributed by atoms with Crippen LogP contribution in [-0.4, -0.2) is 72.5 Å². The number of piperidine rings is 1. The maximum absolute atomic E-state index is 12.8. The van der Waals surface area contributed by atoms with E-state index in [2.05, 4.69) is 51.6 Å². The third kappa shape index (κ3) is 7.64. The molecular weight excluding hydrogens is 557 g/mol. The SMILES string of the molecule is CCC1=CC(N2CCN(CC(=O)Nc3ccc(C4CCN(C(=O)Nc5c(Cl)cccc5Cl)CC4)cc3)CC2)=CCC1. The van der Waals surface area contributed by atoms with E-state index in [1.165, 1.54) is 23.3 Å². The van der Waals surface area contributed by atoms with Gasteiger partial charge in [-0.3, -0.25) is 9.69 Å². The van der Waals surface area contributed by atoms with Crippen molar-refractivity contribution in [3.63, 3.8) is 0 Å². The van der Waals surface area contributed by atoms with Crippen LogP contribution in [0.15, 0.2) is 65.9 Å². The zero-order valence-corrected chi connectivity index (χ0v) is 25.2. The number of hydrogen-bond donors (Lipinski definition) is 2. The fraction of sp³-hybridized carbons (Fsp3) is 0.438. The van der Waals surface area contributed by atoms with Gasteiger partial charge in [0, 0.05) is 50.7 Å². The standard InChI is InChI=1S/C32H39Cl2N5O2/c1-2-23-5-3-6-27(21-23)38-19-17-37(18-20-38)22-30(40)35-26-11-9-24(10-12-26)25-13-15-39(16-14-25)32(41)36-31-28(33)7-4-8-29(31)34/h4,6-12,21,25H,2-3,5,13-20,22H2,1H3,(H,35,40)(H,36,41). The summed E-state index contributed by atoms with van der Waals surface area (Å²) in [6.45, 7) is 7.62. The molecule has 2 aromatic rings. The second-order valence-electron chi connectivity index (χ2n) is 11.0. The minimum absolute atomic E-state index is 0.0224. The fourth-order valence-corrected chi connectivity index (χ4v) is 6.36. The first-order valence-corrected chi connectivity index (χ1v) is 15.4. The maximum Gasteiger partial charge on any atom is 0.321 e. The number of piperazine rings is 1.